The number of fused-ring (bicyclic) bond motifs is 1. The molecule has 1 aromatic heterocycles. The van der Waals surface area contributed by atoms with E-state index in [0.29, 0.717) is 16.4 Å². The minimum absolute atomic E-state index is 0. The van der Waals surface area contributed by atoms with E-state index in [1.807, 2.05) is 0 Å². The van der Waals surface area contributed by atoms with Crippen molar-refractivity contribution in [2.75, 3.05) is 0 Å². The average molecular weight is 398 g/mol. The van der Waals surface area contributed by atoms with E-state index in [0.717, 1.165) is 30.0 Å². The number of aromatic amines is 1. The molecular weight excluding hydrogens is 374 g/mol. The highest BCUT2D eigenvalue weighted by Gasteiger charge is 2.50. The van der Waals surface area contributed by atoms with E-state index in [2.05, 4.69) is 4.98 Å². The zero-order valence-corrected chi connectivity index (χ0v) is 16.0. The molecule has 0 atom stereocenters. The van der Waals surface area contributed by atoms with Gasteiger partial charge in [-0.25, -0.2) is 18.5 Å². The van der Waals surface area contributed by atoms with Gasteiger partial charge in [-0.2, -0.15) is 0 Å². The van der Waals surface area contributed by atoms with Gasteiger partial charge in [0, 0.05) is 6.42 Å². The first-order valence-corrected chi connectivity index (χ1v) is 10.9. The van der Waals surface area contributed by atoms with E-state index in [4.69, 9.17) is 21.7 Å². The molecule has 4 bridgehead atoms. The summed E-state index contributed by atoms with van der Waals surface area (Å²) in [6.45, 7) is 0. The third-order valence-electron chi connectivity index (χ3n) is 6.60. The molecule has 4 saturated carbocycles. The summed E-state index contributed by atoms with van der Waals surface area (Å²) in [6.07, 6.45) is 9.18. The van der Waals surface area contributed by atoms with Crippen LogP contribution in [0.5, 0.6) is 0 Å². The number of halogens is 1. The summed E-state index contributed by atoms with van der Waals surface area (Å²) in [6, 6.07) is 3.10. The first-order valence-electron chi connectivity index (χ1n) is 9.01. The van der Waals surface area contributed by atoms with Gasteiger partial charge in [-0.15, -0.1) is 0 Å². The van der Waals surface area contributed by atoms with Crippen molar-refractivity contribution in [1.29, 1.82) is 0 Å². The Morgan fingerprint density at radius 2 is 1.73 bits per heavy atom. The van der Waals surface area contributed by atoms with Gasteiger partial charge in [-0.05, 0) is 73.8 Å². The van der Waals surface area contributed by atoms with Crippen molar-refractivity contribution in [3.63, 3.8) is 0 Å². The number of nitrogens with zero attached hydrogens (tertiary/aromatic N) is 1. The number of benzene rings is 1. The molecule has 4 aliphatic carbocycles. The van der Waals surface area contributed by atoms with Crippen LogP contribution in [0.1, 0.15) is 44.3 Å². The van der Waals surface area contributed by atoms with Crippen molar-refractivity contribution < 1.29 is 13.9 Å². The van der Waals surface area contributed by atoms with Crippen molar-refractivity contribution >= 4 is 32.7 Å². The van der Waals surface area contributed by atoms with Crippen LogP contribution in [-0.2, 0) is 16.4 Å². The smallest absolute Gasteiger partial charge is 0.239 e. The summed E-state index contributed by atoms with van der Waals surface area (Å²) in [4.78, 5) is 7.97. The topological polar surface area (TPSA) is 120 Å². The van der Waals surface area contributed by atoms with Crippen LogP contribution in [0.25, 0.3) is 11.0 Å². The first kappa shape index (κ1) is 18.2. The van der Waals surface area contributed by atoms with Crippen LogP contribution in [0.15, 0.2) is 17.0 Å². The molecule has 0 radical (unpaired) electrons. The van der Waals surface area contributed by atoms with Crippen LogP contribution in [0, 0.1) is 23.2 Å². The Balaban J connectivity index is 0.00000168. The lowest BCUT2D eigenvalue weighted by Crippen LogP contribution is -2.47. The highest BCUT2D eigenvalue weighted by atomic mass is 35.5. The van der Waals surface area contributed by atoms with Gasteiger partial charge in [-0.3, -0.25) is 0 Å². The second-order valence-corrected chi connectivity index (χ2v) is 10.6. The van der Waals surface area contributed by atoms with Crippen molar-refractivity contribution in [2.45, 2.75) is 49.8 Å². The molecule has 8 heteroatoms. The lowest BCUT2D eigenvalue weighted by molar-refractivity contribution is -0.0530. The number of H-pyrrole nitrogens is 1. The molecule has 0 aliphatic heterocycles. The third-order valence-corrected chi connectivity index (χ3v) is 7.97. The minimum Gasteiger partial charge on any atom is -0.412 e. The van der Waals surface area contributed by atoms with Crippen LogP contribution in [0.4, 0.5) is 0 Å². The van der Waals surface area contributed by atoms with Gasteiger partial charge in [0.1, 0.15) is 10.7 Å². The van der Waals surface area contributed by atoms with Crippen molar-refractivity contribution in [3.05, 3.63) is 23.0 Å². The fraction of sp³-hybridized carbons (Fsp3) is 0.611. The number of aromatic nitrogens is 2. The maximum atomic E-state index is 11.7. The zero-order chi connectivity index (χ0) is 17.4. The molecule has 1 aromatic carbocycles. The van der Waals surface area contributed by atoms with Gasteiger partial charge in [-0.1, -0.05) is 11.6 Å². The Morgan fingerprint density at radius 3 is 2.27 bits per heavy atom. The lowest BCUT2D eigenvalue weighted by atomic mass is 9.49. The Morgan fingerprint density at radius 1 is 1.15 bits per heavy atom. The van der Waals surface area contributed by atoms with Gasteiger partial charge < -0.3 is 10.5 Å². The highest BCUT2D eigenvalue weighted by molar-refractivity contribution is 7.89. The quantitative estimate of drug-likeness (QED) is 0.827. The number of sulfonamides is 1. The second kappa shape index (κ2) is 5.92. The monoisotopic (exact) mass is 397 g/mol. The second-order valence-electron chi connectivity index (χ2n) is 8.62. The maximum absolute atomic E-state index is 11.7. The van der Waals surface area contributed by atoms with Crippen molar-refractivity contribution in [2.24, 2.45) is 28.3 Å². The van der Waals surface area contributed by atoms with Gasteiger partial charge >= 0.3 is 0 Å². The molecule has 4 fully saturated rings. The van der Waals surface area contributed by atoms with Crippen molar-refractivity contribution in [1.82, 2.24) is 9.97 Å². The average Bonchev–Trinajstić information content (AvgIpc) is 2.83. The highest BCUT2D eigenvalue weighted by Crippen LogP contribution is 2.60. The normalized spacial score (nSPS) is 32.8. The molecule has 26 heavy (non-hydrogen) atoms. The molecule has 6 rings (SSSR count). The van der Waals surface area contributed by atoms with Crippen LogP contribution in [0.2, 0.25) is 5.02 Å². The fourth-order valence-electron chi connectivity index (χ4n) is 6.23. The number of imidazole rings is 1. The van der Waals surface area contributed by atoms with Gasteiger partial charge in [0.15, 0.2) is 0 Å². The van der Waals surface area contributed by atoms with Gasteiger partial charge in [0.25, 0.3) is 0 Å². The predicted octanol–water partition coefficient (Wildman–Crippen LogP) is 2.80. The Hall–Kier alpha value is -1.15. The molecule has 5 N–H and O–H groups in total. The molecule has 1 heterocycles. The Labute approximate surface area is 157 Å². The number of primary sulfonamides is 1. The summed E-state index contributed by atoms with van der Waals surface area (Å²) in [5, 5.41) is 5.37. The van der Waals surface area contributed by atoms with Crippen molar-refractivity contribution in [3.8, 4) is 0 Å². The zero-order valence-electron chi connectivity index (χ0n) is 14.5. The van der Waals surface area contributed by atoms with Crippen LogP contribution >= 0.6 is 11.6 Å². The molecular formula is C18H24ClN3O3S. The molecule has 6 nitrogen and oxygen atoms in total. The van der Waals surface area contributed by atoms with E-state index < -0.39 is 10.0 Å². The predicted molar refractivity (Wildman–Crippen MR) is 100 cm³/mol. The summed E-state index contributed by atoms with van der Waals surface area (Å²) in [5.41, 5.74) is 1.78. The molecule has 0 amide bonds. The number of rotatable bonds is 3. The molecule has 0 unspecified atom stereocenters. The largest absolute Gasteiger partial charge is 0.412 e. The molecule has 4 aliphatic rings. The van der Waals surface area contributed by atoms with Crippen LogP contribution < -0.4 is 5.14 Å². The lowest BCUT2D eigenvalue weighted by Gasteiger charge is -2.56. The van der Waals surface area contributed by atoms with Gasteiger partial charge in [0.2, 0.25) is 10.0 Å². The Kier molecular flexibility index (Phi) is 4.15. The minimum atomic E-state index is -3.84. The molecule has 2 aromatic rings. The fourth-order valence-corrected chi connectivity index (χ4v) is 7.32. The summed E-state index contributed by atoms with van der Waals surface area (Å²) in [7, 11) is -3.84. The van der Waals surface area contributed by atoms with E-state index in [9.17, 15) is 8.42 Å². The SMILES string of the molecule is NS(=O)(=O)c1cc2[nH]c(CC34CC5CC(CC(C5)C3)C4)nc2cc1Cl.O. The maximum Gasteiger partial charge on any atom is 0.239 e. The standard InChI is InChI=1S/C18H22ClN3O2S.H2O/c19-13-4-14-15(5-16(13)25(20,23)24)22-17(21-14)9-18-6-10-1-11(7-18)3-12(2-10)8-18;/h4-5,10-12H,1-3,6-9H2,(H,21,22)(H2,20,23,24);1H2. The molecule has 0 spiro atoms. The number of nitrogens with two attached hydrogens (primary N) is 1. The molecule has 142 valence electrons. The van der Waals surface area contributed by atoms with E-state index in [1.54, 1.807) is 6.07 Å². The third kappa shape index (κ3) is 2.95. The number of hydrogen-bond acceptors (Lipinski definition) is 3. The van der Waals surface area contributed by atoms with E-state index in [1.165, 1.54) is 44.6 Å². The number of hydrogen-bond donors (Lipinski definition) is 2. The van der Waals surface area contributed by atoms with Crippen LogP contribution in [0.3, 0.4) is 0 Å². The van der Waals surface area contributed by atoms with Gasteiger partial charge in [0.05, 0.1) is 16.1 Å². The summed E-state index contributed by atoms with van der Waals surface area (Å²) >= 11 is 6.08. The first-order chi connectivity index (χ1) is 11.8. The number of nitrogens with one attached hydrogen (secondary N) is 1. The van der Waals surface area contributed by atoms with E-state index in [-0.39, 0.29) is 15.4 Å². The molecule has 0 saturated heterocycles. The summed E-state index contributed by atoms with van der Waals surface area (Å²) in [5.74, 6) is 3.65. The Bertz CT molecular complexity index is 934. The summed E-state index contributed by atoms with van der Waals surface area (Å²) < 4.78 is 23.3. The van der Waals surface area contributed by atoms with Crippen LogP contribution in [-0.4, -0.2) is 23.9 Å². The van der Waals surface area contributed by atoms with E-state index >= 15 is 0 Å².